The summed E-state index contributed by atoms with van der Waals surface area (Å²) in [5.74, 6) is -1.83. The van der Waals surface area contributed by atoms with Gasteiger partial charge in [-0.3, -0.25) is 18.8 Å². The number of nitrogens with one attached hydrogen (secondary N) is 2. The van der Waals surface area contributed by atoms with Crippen molar-refractivity contribution in [3.8, 4) is 5.88 Å². The number of nitrogens with zero attached hydrogens (tertiary/aromatic N) is 2. The number of fused-ring (bicyclic) bond motifs is 3. The zero-order chi connectivity index (χ0) is 21.1. The summed E-state index contributed by atoms with van der Waals surface area (Å²) < 4.78 is 1.44. The monoisotopic (exact) mass is 426 g/mol. The predicted octanol–water partition coefficient (Wildman–Crippen LogP) is 1.78. The van der Waals surface area contributed by atoms with Gasteiger partial charge in [0.1, 0.15) is 0 Å². The highest BCUT2D eigenvalue weighted by Crippen LogP contribution is 2.28. The van der Waals surface area contributed by atoms with Crippen molar-refractivity contribution < 1.29 is 14.7 Å². The molecular formula is C21H22N4O4S. The molecule has 3 N–H and O–H groups in total. The summed E-state index contributed by atoms with van der Waals surface area (Å²) in [6, 6.07) is 9.38. The van der Waals surface area contributed by atoms with Crippen LogP contribution in [0.4, 0.5) is 0 Å². The number of benzene rings is 1. The van der Waals surface area contributed by atoms with Gasteiger partial charge in [-0.15, -0.1) is 11.3 Å². The molecule has 0 saturated heterocycles. The molecule has 0 bridgehead atoms. The standard InChI is InChI=1S/C21H22N4O4S/c26-16(22-11-13-7-3-1-4-8-13)12-23-18(27)17-19(28)24-21-25(20(17)29)14-9-5-2-6-10-15(14)30-21/h1,3-4,7-8,28H,2,5-6,9-12H2,(H,22,26)(H,23,27). The topological polar surface area (TPSA) is 113 Å². The van der Waals surface area contributed by atoms with Gasteiger partial charge in [0.2, 0.25) is 11.8 Å². The normalized spacial score (nSPS) is 13.5. The van der Waals surface area contributed by atoms with E-state index < -0.39 is 28.8 Å². The Balaban J connectivity index is 1.49. The lowest BCUT2D eigenvalue weighted by Crippen LogP contribution is -2.39. The van der Waals surface area contributed by atoms with Crippen molar-refractivity contribution >= 4 is 28.1 Å². The van der Waals surface area contributed by atoms with Gasteiger partial charge in [0.25, 0.3) is 11.5 Å². The Hall–Kier alpha value is -3.20. The van der Waals surface area contributed by atoms with E-state index in [9.17, 15) is 19.5 Å². The van der Waals surface area contributed by atoms with Crippen LogP contribution in [0.15, 0.2) is 35.1 Å². The molecule has 0 atom stereocenters. The number of aromatic nitrogens is 2. The van der Waals surface area contributed by atoms with Gasteiger partial charge in [0.05, 0.1) is 6.54 Å². The van der Waals surface area contributed by atoms with Crippen LogP contribution in [0.1, 0.15) is 45.8 Å². The summed E-state index contributed by atoms with van der Waals surface area (Å²) in [7, 11) is 0. The molecule has 1 aliphatic rings. The van der Waals surface area contributed by atoms with Crippen molar-refractivity contribution in [3.63, 3.8) is 0 Å². The van der Waals surface area contributed by atoms with Crippen LogP contribution in [0, 0.1) is 0 Å². The Morgan fingerprint density at radius 2 is 1.87 bits per heavy atom. The van der Waals surface area contributed by atoms with Crippen LogP contribution in [0.2, 0.25) is 0 Å². The number of amides is 2. The summed E-state index contributed by atoms with van der Waals surface area (Å²) >= 11 is 1.38. The zero-order valence-corrected chi connectivity index (χ0v) is 17.1. The van der Waals surface area contributed by atoms with Crippen LogP contribution in [0.25, 0.3) is 4.96 Å². The lowest BCUT2D eigenvalue weighted by atomic mass is 10.2. The molecule has 2 amide bonds. The zero-order valence-electron chi connectivity index (χ0n) is 16.3. The summed E-state index contributed by atoms with van der Waals surface area (Å²) in [5.41, 5.74) is 0.771. The van der Waals surface area contributed by atoms with E-state index in [1.807, 2.05) is 30.3 Å². The molecule has 0 spiro atoms. The minimum absolute atomic E-state index is 0.311. The van der Waals surface area contributed by atoms with Gasteiger partial charge in [0.15, 0.2) is 10.5 Å². The molecule has 9 heteroatoms. The Bertz CT molecular complexity index is 1150. The lowest BCUT2D eigenvalue weighted by Gasteiger charge is -2.08. The highest BCUT2D eigenvalue weighted by molar-refractivity contribution is 7.17. The summed E-state index contributed by atoms with van der Waals surface area (Å²) in [5, 5.41) is 15.3. The van der Waals surface area contributed by atoms with Crippen LogP contribution in [0.5, 0.6) is 5.88 Å². The molecule has 156 valence electrons. The maximum atomic E-state index is 13.0. The van der Waals surface area contributed by atoms with Gasteiger partial charge >= 0.3 is 0 Å². The van der Waals surface area contributed by atoms with E-state index in [2.05, 4.69) is 15.6 Å². The smallest absolute Gasteiger partial charge is 0.275 e. The number of carbonyl (C=O) groups is 2. The van der Waals surface area contributed by atoms with Crippen LogP contribution in [0.3, 0.4) is 0 Å². The van der Waals surface area contributed by atoms with E-state index in [1.54, 1.807) is 0 Å². The molecule has 0 unspecified atom stereocenters. The molecule has 0 saturated carbocycles. The number of thiazole rings is 1. The fraction of sp³-hybridized carbons (Fsp3) is 0.333. The molecule has 0 aliphatic heterocycles. The SMILES string of the molecule is O=C(CNC(=O)c1c(O)nc2sc3c(n2c1=O)CCCCC3)NCc1ccccc1. The van der Waals surface area contributed by atoms with Crippen LogP contribution in [-0.4, -0.2) is 32.9 Å². The maximum Gasteiger partial charge on any atom is 0.275 e. The van der Waals surface area contributed by atoms with Crippen molar-refractivity contribution in [2.45, 2.75) is 38.6 Å². The third kappa shape index (κ3) is 4.06. The molecule has 1 aromatic carbocycles. The largest absolute Gasteiger partial charge is 0.492 e. The van der Waals surface area contributed by atoms with Gasteiger partial charge in [-0.05, 0) is 31.2 Å². The van der Waals surface area contributed by atoms with Gasteiger partial charge in [0, 0.05) is 17.1 Å². The molecule has 2 aromatic heterocycles. The van der Waals surface area contributed by atoms with Gasteiger partial charge in [-0.2, -0.15) is 4.98 Å². The van der Waals surface area contributed by atoms with E-state index in [4.69, 9.17) is 0 Å². The molecule has 30 heavy (non-hydrogen) atoms. The second-order valence-corrected chi connectivity index (χ2v) is 8.27. The Morgan fingerprint density at radius 1 is 1.10 bits per heavy atom. The number of aryl methyl sites for hydroxylation is 2. The fourth-order valence-corrected chi connectivity index (χ4v) is 4.79. The van der Waals surface area contributed by atoms with E-state index in [0.29, 0.717) is 11.5 Å². The number of hydrogen-bond acceptors (Lipinski definition) is 6. The van der Waals surface area contributed by atoms with Crippen LogP contribution < -0.4 is 16.2 Å². The second-order valence-electron chi connectivity index (χ2n) is 7.21. The first kappa shape index (κ1) is 20.1. The molecule has 0 fully saturated rings. The van der Waals surface area contributed by atoms with E-state index in [0.717, 1.165) is 48.2 Å². The van der Waals surface area contributed by atoms with Gasteiger partial charge < -0.3 is 15.7 Å². The maximum absolute atomic E-state index is 13.0. The second kappa shape index (κ2) is 8.66. The molecule has 0 radical (unpaired) electrons. The quantitative estimate of drug-likeness (QED) is 0.538. The molecular weight excluding hydrogens is 404 g/mol. The molecule has 2 heterocycles. The Labute approximate surface area is 176 Å². The first-order chi connectivity index (χ1) is 14.5. The van der Waals surface area contributed by atoms with E-state index in [1.165, 1.54) is 15.7 Å². The van der Waals surface area contributed by atoms with Crippen molar-refractivity contribution in [2.24, 2.45) is 0 Å². The fourth-order valence-electron chi connectivity index (χ4n) is 3.60. The number of aromatic hydroxyl groups is 1. The van der Waals surface area contributed by atoms with Crippen molar-refractivity contribution in [2.75, 3.05) is 6.54 Å². The number of hydrogen-bond donors (Lipinski definition) is 3. The van der Waals surface area contributed by atoms with Crippen molar-refractivity contribution in [1.29, 1.82) is 0 Å². The van der Waals surface area contributed by atoms with Crippen molar-refractivity contribution in [3.05, 3.63) is 62.4 Å². The highest BCUT2D eigenvalue weighted by atomic mass is 32.1. The first-order valence-corrected chi connectivity index (χ1v) is 10.7. The van der Waals surface area contributed by atoms with E-state index >= 15 is 0 Å². The average molecular weight is 426 g/mol. The molecule has 1 aliphatic carbocycles. The third-order valence-electron chi connectivity index (χ3n) is 5.13. The average Bonchev–Trinajstić information content (AvgIpc) is 2.92. The Morgan fingerprint density at radius 3 is 2.67 bits per heavy atom. The number of carbonyl (C=O) groups excluding carboxylic acids is 2. The van der Waals surface area contributed by atoms with Crippen LogP contribution >= 0.6 is 11.3 Å². The summed E-state index contributed by atoms with van der Waals surface area (Å²) in [6.45, 7) is 0.0208. The molecule has 3 aromatic rings. The van der Waals surface area contributed by atoms with Gasteiger partial charge in [-0.25, -0.2) is 0 Å². The predicted molar refractivity (Wildman–Crippen MR) is 113 cm³/mol. The minimum Gasteiger partial charge on any atom is -0.492 e. The van der Waals surface area contributed by atoms with E-state index in [-0.39, 0.29) is 6.54 Å². The highest BCUT2D eigenvalue weighted by Gasteiger charge is 2.24. The van der Waals surface area contributed by atoms with Crippen molar-refractivity contribution in [1.82, 2.24) is 20.0 Å². The molecule has 8 nitrogen and oxygen atoms in total. The van der Waals surface area contributed by atoms with Gasteiger partial charge in [-0.1, -0.05) is 36.8 Å². The summed E-state index contributed by atoms with van der Waals surface area (Å²) in [6.07, 6.45) is 4.72. The Kier molecular flexibility index (Phi) is 5.80. The first-order valence-electron chi connectivity index (χ1n) is 9.89. The summed E-state index contributed by atoms with van der Waals surface area (Å²) in [4.78, 5) is 43.1. The number of rotatable bonds is 5. The minimum atomic E-state index is -0.817. The lowest BCUT2D eigenvalue weighted by molar-refractivity contribution is -0.120. The van der Waals surface area contributed by atoms with Crippen LogP contribution in [-0.2, 0) is 24.2 Å². The third-order valence-corrected chi connectivity index (χ3v) is 6.27. The molecule has 4 rings (SSSR count).